The third kappa shape index (κ3) is 4.46. The molecule has 1 amide bonds. The fourth-order valence-electron chi connectivity index (χ4n) is 3.98. The summed E-state index contributed by atoms with van der Waals surface area (Å²) in [4.78, 5) is 17.2. The number of methoxy groups -OCH3 is 1. The van der Waals surface area contributed by atoms with E-state index in [4.69, 9.17) is 4.74 Å². The molecule has 0 unspecified atom stereocenters. The van der Waals surface area contributed by atoms with Gasteiger partial charge >= 0.3 is 0 Å². The van der Waals surface area contributed by atoms with Gasteiger partial charge in [0.1, 0.15) is 5.75 Å². The lowest BCUT2D eigenvalue weighted by Crippen LogP contribution is -2.55. The van der Waals surface area contributed by atoms with Crippen molar-refractivity contribution in [3.05, 3.63) is 24.3 Å². The molecule has 5 heteroatoms. The van der Waals surface area contributed by atoms with Gasteiger partial charge in [0.25, 0.3) is 0 Å². The summed E-state index contributed by atoms with van der Waals surface area (Å²) >= 11 is 0. The van der Waals surface area contributed by atoms with E-state index >= 15 is 0 Å². The summed E-state index contributed by atoms with van der Waals surface area (Å²) in [6.45, 7) is 5.67. The fraction of sp³-hybridized carbons (Fsp3) is 0.650. The van der Waals surface area contributed by atoms with Crippen LogP contribution in [0.3, 0.4) is 0 Å². The van der Waals surface area contributed by atoms with Gasteiger partial charge in [0.2, 0.25) is 5.91 Å². The first-order valence-corrected chi connectivity index (χ1v) is 9.61. The Hall–Kier alpha value is -1.75. The minimum Gasteiger partial charge on any atom is -0.495 e. The number of piperazine rings is 1. The number of carbonyl (C=O) groups excluding carboxylic acids is 1. The first-order valence-electron chi connectivity index (χ1n) is 9.61. The van der Waals surface area contributed by atoms with E-state index in [0.29, 0.717) is 6.04 Å². The number of amides is 1. The molecular weight excluding hydrogens is 314 g/mol. The number of rotatable bonds is 5. The van der Waals surface area contributed by atoms with E-state index in [1.807, 2.05) is 25.1 Å². The zero-order chi connectivity index (χ0) is 17.6. The van der Waals surface area contributed by atoms with Gasteiger partial charge in [0.05, 0.1) is 18.8 Å². The smallest absolute Gasteiger partial charge is 0.237 e. The molecule has 1 heterocycles. The lowest BCUT2D eigenvalue weighted by molar-refractivity contribution is -0.127. The molecule has 5 nitrogen and oxygen atoms in total. The molecule has 1 saturated heterocycles. The summed E-state index contributed by atoms with van der Waals surface area (Å²) in [5, 5.41) is 3.26. The molecular formula is C20H31N3O2. The molecule has 138 valence electrons. The summed E-state index contributed by atoms with van der Waals surface area (Å²) in [5.41, 5.74) is 1.14. The Morgan fingerprint density at radius 1 is 1.12 bits per heavy atom. The second-order valence-electron chi connectivity index (χ2n) is 7.21. The Labute approximate surface area is 151 Å². The Kier molecular flexibility index (Phi) is 6.19. The minimum atomic E-state index is -0.0539. The maximum Gasteiger partial charge on any atom is 0.237 e. The molecule has 2 fully saturated rings. The van der Waals surface area contributed by atoms with E-state index in [1.54, 1.807) is 7.11 Å². The largest absolute Gasteiger partial charge is 0.495 e. The maximum atomic E-state index is 12.6. The van der Waals surface area contributed by atoms with Crippen molar-refractivity contribution in [2.75, 3.05) is 38.2 Å². The van der Waals surface area contributed by atoms with E-state index in [-0.39, 0.29) is 11.9 Å². The van der Waals surface area contributed by atoms with Gasteiger partial charge in [-0.25, -0.2) is 0 Å². The highest BCUT2D eigenvalue weighted by Gasteiger charge is 2.28. The van der Waals surface area contributed by atoms with Crippen LogP contribution in [-0.2, 0) is 4.79 Å². The molecule has 0 spiro atoms. The SMILES string of the molecule is COc1ccccc1N1CCN([C@@H](C)C(=O)NC2CCCCC2)CC1. The molecule has 0 radical (unpaired) electrons. The van der Waals surface area contributed by atoms with E-state index in [1.165, 1.54) is 19.3 Å². The number of ether oxygens (including phenoxy) is 1. The number of anilines is 1. The van der Waals surface area contributed by atoms with Crippen LogP contribution in [0.4, 0.5) is 5.69 Å². The van der Waals surface area contributed by atoms with Crippen LogP contribution in [0.2, 0.25) is 0 Å². The summed E-state index contributed by atoms with van der Waals surface area (Å²) in [5.74, 6) is 1.11. The standard InChI is InChI=1S/C20H31N3O2/c1-16(20(24)21-17-8-4-3-5-9-17)22-12-14-23(15-13-22)18-10-6-7-11-19(18)25-2/h6-7,10-11,16-17H,3-5,8-9,12-15H2,1-2H3,(H,21,24)/t16-/m0/s1. The highest BCUT2D eigenvalue weighted by Crippen LogP contribution is 2.28. The molecule has 1 aromatic carbocycles. The summed E-state index contributed by atoms with van der Waals surface area (Å²) in [6, 6.07) is 8.48. The lowest BCUT2D eigenvalue weighted by Gasteiger charge is -2.39. The van der Waals surface area contributed by atoms with Crippen molar-refractivity contribution in [2.45, 2.75) is 51.1 Å². The Bertz CT molecular complexity index is 564. The number of hydrogen-bond donors (Lipinski definition) is 1. The van der Waals surface area contributed by atoms with E-state index in [0.717, 1.165) is 50.5 Å². The van der Waals surface area contributed by atoms with Gasteiger partial charge in [-0.05, 0) is 31.9 Å². The highest BCUT2D eigenvalue weighted by molar-refractivity contribution is 5.81. The van der Waals surface area contributed by atoms with Gasteiger partial charge in [-0.15, -0.1) is 0 Å². The van der Waals surface area contributed by atoms with Gasteiger partial charge in [0.15, 0.2) is 0 Å². The van der Waals surface area contributed by atoms with Gasteiger partial charge < -0.3 is 15.0 Å². The van der Waals surface area contributed by atoms with Crippen LogP contribution in [0.1, 0.15) is 39.0 Å². The fourth-order valence-corrected chi connectivity index (χ4v) is 3.98. The first kappa shape index (κ1) is 18.1. The normalized spacial score (nSPS) is 21.0. The quantitative estimate of drug-likeness (QED) is 0.891. The van der Waals surface area contributed by atoms with Gasteiger partial charge in [0, 0.05) is 32.2 Å². The molecule has 1 aromatic rings. The highest BCUT2D eigenvalue weighted by atomic mass is 16.5. The van der Waals surface area contributed by atoms with Gasteiger partial charge in [-0.1, -0.05) is 31.4 Å². The number of nitrogens with one attached hydrogen (secondary N) is 1. The Morgan fingerprint density at radius 2 is 1.80 bits per heavy atom. The first-order chi connectivity index (χ1) is 12.2. The molecule has 25 heavy (non-hydrogen) atoms. The number of benzene rings is 1. The van der Waals surface area contributed by atoms with Crippen LogP contribution in [0.15, 0.2) is 24.3 Å². The average molecular weight is 345 g/mol. The van der Waals surface area contributed by atoms with E-state index in [9.17, 15) is 4.79 Å². The Morgan fingerprint density at radius 3 is 2.48 bits per heavy atom. The second kappa shape index (κ2) is 8.56. The van der Waals surface area contributed by atoms with Crippen molar-refractivity contribution >= 4 is 11.6 Å². The van der Waals surface area contributed by atoms with Gasteiger partial charge in [-0.3, -0.25) is 9.69 Å². The number of hydrogen-bond acceptors (Lipinski definition) is 4. The molecule has 0 aromatic heterocycles. The van der Waals surface area contributed by atoms with Crippen molar-refractivity contribution in [1.82, 2.24) is 10.2 Å². The van der Waals surface area contributed by atoms with Crippen LogP contribution < -0.4 is 15.0 Å². The predicted octanol–water partition coefficient (Wildman–Crippen LogP) is 2.65. The van der Waals surface area contributed by atoms with Crippen LogP contribution in [0, 0.1) is 0 Å². The van der Waals surface area contributed by atoms with Crippen LogP contribution in [0.25, 0.3) is 0 Å². The van der Waals surface area contributed by atoms with Crippen molar-refractivity contribution in [2.24, 2.45) is 0 Å². The Balaban J connectivity index is 1.51. The monoisotopic (exact) mass is 345 g/mol. The summed E-state index contributed by atoms with van der Waals surface area (Å²) in [6.07, 6.45) is 6.08. The molecule has 1 aliphatic carbocycles. The zero-order valence-electron chi connectivity index (χ0n) is 15.5. The van der Waals surface area contributed by atoms with E-state index in [2.05, 4.69) is 21.2 Å². The molecule has 1 atom stereocenters. The van der Waals surface area contributed by atoms with Crippen molar-refractivity contribution in [1.29, 1.82) is 0 Å². The molecule has 0 bridgehead atoms. The maximum absolute atomic E-state index is 12.6. The van der Waals surface area contributed by atoms with Crippen molar-refractivity contribution in [3.63, 3.8) is 0 Å². The second-order valence-corrected chi connectivity index (χ2v) is 7.21. The average Bonchev–Trinajstić information content (AvgIpc) is 2.68. The number of carbonyl (C=O) groups is 1. The molecule has 1 aliphatic heterocycles. The molecule has 1 N–H and O–H groups in total. The van der Waals surface area contributed by atoms with Crippen molar-refractivity contribution in [3.8, 4) is 5.75 Å². The van der Waals surface area contributed by atoms with Crippen molar-refractivity contribution < 1.29 is 9.53 Å². The molecule has 1 saturated carbocycles. The zero-order valence-corrected chi connectivity index (χ0v) is 15.5. The molecule has 3 rings (SSSR count). The lowest BCUT2D eigenvalue weighted by atomic mass is 9.95. The number of nitrogens with zero attached hydrogens (tertiary/aromatic N) is 2. The molecule has 2 aliphatic rings. The summed E-state index contributed by atoms with van der Waals surface area (Å²) in [7, 11) is 1.72. The topological polar surface area (TPSA) is 44.8 Å². The van der Waals surface area contributed by atoms with Crippen LogP contribution in [-0.4, -0.2) is 56.2 Å². The van der Waals surface area contributed by atoms with Gasteiger partial charge in [-0.2, -0.15) is 0 Å². The van der Waals surface area contributed by atoms with Crippen LogP contribution in [0.5, 0.6) is 5.75 Å². The minimum absolute atomic E-state index is 0.0539. The third-order valence-electron chi connectivity index (χ3n) is 5.62. The third-order valence-corrected chi connectivity index (χ3v) is 5.62. The van der Waals surface area contributed by atoms with E-state index < -0.39 is 0 Å². The van der Waals surface area contributed by atoms with Crippen LogP contribution >= 0.6 is 0 Å². The summed E-state index contributed by atoms with van der Waals surface area (Å²) < 4.78 is 5.48. The number of para-hydroxylation sites is 2. The predicted molar refractivity (Wildman–Crippen MR) is 101 cm³/mol.